The number of rotatable bonds is 7. The highest BCUT2D eigenvalue weighted by atomic mass is 32.2. The Bertz CT molecular complexity index is 700. The molecule has 1 atom stereocenters. The number of nitrogens with zero attached hydrogens (tertiary/aromatic N) is 1. The standard InChI is InChI=1S/C17H20N2O3S/c1-3-8-13-11-14(20)19-17(18-13)23-15(16(21)22-4-2)12-9-6-5-7-10-12/h5-7,9-11,15H,3-4,8H2,1-2H3,(H,18,19,20). The summed E-state index contributed by atoms with van der Waals surface area (Å²) in [5.41, 5.74) is 1.34. The highest BCUT2D eigenvalue weighted by Gasteiger charge is 2.24. The first kappa shape index (κ1) is 17.3. The molecule has 1 unspecified atom stereocenters. The predicted octanol–water partition coefficient (Wildman–Crippen LogP) is 3.12. The van der Waals surface area contributed by atoms with Gasteiger partial charge in [0.25, 0.3) is 5.56 Å². The summed E-state index contributed by atoms with van der Waals surface area (Å²) >= 11 is 1.20. The van der Waals surface area contributed by atoms with Gasteiger partial charge in [0.2, 0.25) is 0 Å². The van der Waals surface area contributed by atoms with Crippen LogP contribution in [0, 0.1) is 0 Å². The Kier molecular flexibility index (Phi) is 6.40. The van der Waals surface area contributed by atoms with E-state index >= 15 is 0 Å². The van der Waals surface area contributed by atoms with Crippen LogP contribution in [0.25, 0.3) is 0 Å². The molecule has 1 aromatic carbocycles. The summed E-state index contributed by atoms with van der Waals surface area (Å²) in [6.07, 6.45) is 1.63. The second-order valence-electron chi connectivity index (χ2n) is 4.95. The highest BCUT2D eigenvalue weighted by molar-refractivity contribution is 8.00. The molecular weight excluding hydrogens is 312 g/mol. The molecule has 0 fully saturated rings. The first-order valence-corrected chi connectivity index (χ1v) is 8.50. The Morgan fingerprint density at radius 1 is 1.30 bits per heavy atom. The molecule has 1 heterocycles. The van der Waals surface area contributed by atoms with Crippen molar-refractivity contribution in [2.24, 2.45) is 0 Å². The van der Waals surface area contributed by atoms with Gasteiger partial charge in [0, 0.05) is 11.8 Å². The van der Waals surface area contributed by atoms with Crippen molar-refractivity contribution < 1.29 is 9.53 Å². The largest absolute Gasteiger partial charge is 0.465 e. The zero-order valence-electron chi connectivity index (χ0n) is 13.2. The molecular formula is C17H20N2O3S. The van der Waals surface area contributed by atoms with Crippen molar-refractivity contribution in [1.82, 2.24) is 9.97 Å². The van der Waals surface area contributed by atoms with Crippen LogP contribution in [0.5, 0.6) is 0 Å². The van der Waals surface area contributed by atoms with E-state index in [1.54, 1.807) is 6.92 Å². The van der Waals surface area contributed by atoms with Crippen LogP contribution >= 0.6 is 11.8 Å². The van der Waals surface area contributed by atoms with Crippen LogP contribution in [0.2, 0.25) is 0 Å². The molecule has 2 rings (SSSR count). The number of hydrogen-bond donors (Lipinski definition) is 1. The number of benzene rings is 1. The molecule has 1 aromatic heterocycles. The lowest BCUT2D eigenvalue weighted by Crippen LogP contribution is -2.16. The molecule has 0 saturated heterocycles. The molecule has 0 aliphatic heterocycles. The molecule has 0 spiro atoms. The van der Waals surface area contributed by atoms with Crippen LogP contribution in [0.4, 0.5) is 0 Å². The number of esters is 1. The van der Waals surface area contributed by atoms with Gasteiger partial charge in [0.05, 0.1) is 6.61 Å². The van der Waals surface area contributed by atoms with E-state index in [0.29, 0.717) is 11.8 Å². The summed E-state index contributed by atoms with van der Waals surface area (Å²) in [7, 11) is 0. The van der Waals surface area contributed by atoms with Crippen molar-refractivity contribution in [3.63, 3.8) is 0 Å². The van der Waals surface area contributed by atoms with Crippen molar-refractivity contribution in [3.8, 4) is 0 Å². The molecule has 0 radical (unpaired) electrons. The van der Waals surface area contributed by atoms with Gasteiger partial charge in [-0.05, 0) is 18.9 Å². The SMILES string of the molecule is CCCc1cc(=O)[nH]c(SC(C(=O)OCC)c2ccccc2)n1. The average molecular weight is 332 g/mol. The number of hydrogen-bond acceptors (Lipinski definition) is 5. The average Bonchev–Trinajstić information content (AvgIpc) is 2.53. The van der Waals surface area contributed by atoms with Crippen LogP contribution in [0.15, 0.2) is 46.3 Å². The van der Waals surface area contributed by atoms with E-state index in [1.807, 2.05) is 37.3 Å². The number of aryl methyl sites for hydroxylation is 1. The third-order valence-corrected chi connectivity index (χ3v) is 4.23. The summed E-state index contributed by atoms with van der Waals surface area (Å²) in [4.78, 5) is 31.2. The minimum absolute atomic E-state index is 0.207. The van der Waals surface area contributed by atoms with Gasteiger partial charge in [-0.25, -0.2) is 4.98 Å². The molecule has 0 aliphatic carbocycles. The fourth-order valence-corrected chi connectivity index (χ4v) is 3.14. The Morgan fingerprint density at radius 3 is 2.70 bits per heavy atom. The van der Waals surface area contributed by atoms with Crippen molar-refractivity contribution in [3.05, 3.63) is 58.0 Å². The lowest BCUT2D eigenvalue weighted by atomic mass is 10.1. The second-order valence-corrected chi connectivity index (χ2v) is 6.05. The number of carbonyl (C=O) groups excluding carboxylic acids is 1. The molecule has 6 heteroatoms. The second kappa shape index (κ2) is 8.53. The van der Waals surface area contributed by atoms with E-state index in [0.717, 1.165) is 24.1 Å². The van der Waals surface area contributed by atoms with Crippen LogP contribution in [0.1, 0.15) is 36.8 Å². The monoisotopic (exact) mass is 332 g/mol. The quantitative estimate of drug-likeness (QED) is 0.479. The van der Waals surface area contributed by atoms with Crippen LogP contribution in [-0.4, -0.2) is 22.5 Å². The molecule has 0 bridgehead atoms. The zero-order chi connectivity index (χ0) is 16.7. The fourth-order valence-electron chi connectivity index (χ4n) is 2.13. The minimum Gasteiger partial charge on any atom is -0.465 e. The molecule has 1 N–H and O–H groups in total. The molecule has 23 heavy (non-hydrogen) atoms. The lowest BCUT2D eigenvalue weighted by Gasteiger charge is -2.15. The van der Waals surface area contributed by atoms with E-state index in [9.17, 15) is 9.59 Å². The van der Waals surface area contributed by atoms with Gasteiger partial charge >= 0.3 is 5.97 Å². The minimum atomic E-state index is -0.559. The number of aromatic nitrogens is 2. The van der Waals surface area contributed by atoms with Gasteiger partial charge in [-0.1, -0.05) is 55.4 Å². The molecule has 0 aliphatic rings. The highest BCUT2D eigenvalue weighted by Crippen LogP contribution is 2.34. The van der Waals surface area contributed by atoms with Gasteiger partial charge in [-0.15, -0.1) is 0 Å². The first-order valence-electron chi connectivity index (χ1n) is 7.62. The summed E-state index contributed by atoms with van der Waals surface area (Å²) < 4.78 is 5.16. The van der Waals surface area contributed by atoms with Crippen LogP contribution < -0.4 is 5.56 Å². The van der Waals surface area contributed by atoms with Gasteiger partial charge < -0.3 is 9.72 Å². The maximum absolute atomic E-state index is 12.3. The Hall–Kier alpha value is -2.08. The maximum Gasteiger partial charge on any atom is 0.324 e. The number of nitrogens with one attached hydrogen (secondary N) is 1. The van der Waals surface area contributed by atoms with E-state index in [-0.39, 0.29) is 11.5 Å². The zero-order valence-corrected chi connectivity index (χ0v) is 14.1. The van der Waals surface area contributed by atoms with Gasteiger partial charge in [0.15, 0.2) is 5.16 Å². The number of ether oxygens (including phenoxy) is 1. The molecule has 122 valence electrons. The summed E-state index contributed by atoms with van der Waals surface area (Å²) in [6.45, 7) is 4.11. The summed E-state index contributed by atoms with van der Waals surface area (Å²) in [5.74, 6) is -0.341. The van der Waals surface area contributed by atoms with E-state index in [4.69, 9.17) is 4.74 Å². The van der Waals surface area contributed by atoms with E-state index < -0.39 is 5.25 Å². The van der Waals surface area contributed by atoms with Gasteiger partial charge in [-0.3, -0.25) is 9.59 Å². The Morgan fingerprint density at radius 2 is 2.04 bits per heavy atom. The van der Waals surface area contributed by atoms with Crippen molar-refractivity contribution in [2.75, 3.05) is 6.61 Å². The maximum atomic E-state index is 12.3. The summed E-state index contributed by atoms with van der Waals surface area (Å²) in [5, 5.41) is -0.126. The number of aromatic amines is 1. The Labute approximate surface area is 139 Å². The molecule has 2 aromatic rings. The number of H-pyrrole nitrogens is 1. The fraction of sp³-hybridized carbons (Fsp3) is 0.353. The molecule has 0 saturated carbocycles. The topological polar surface area (TPSA) is 72.0 Å². The lowest BCUT2D eigenvalue weighted by molar-refractivity contribution is -0.142. The van der Waals surface area contributed by atoms with Crippen molar-refractivity contribution in [1.29, 1.82) is 0 Å². The number of carbonyl (C=O) groups is 1. The van der Waals surface area contributed by atoms with Crippen LogP contribution in [-0.2, 0) is 16.0 Å². The summed E-state index contributed by atoms with van der Waals surface area (Å²) in [6, 6.07) is 10.8. The first-order chi connectivity index (χ1) is 11.1. The predicted molar refractivity (Wildman–Crippen MR) is 90.5 cm³/mol. The van der Waals surface area contributed by atoms with E-state index in [2.05, 4.69) is 9.97 Å². The van der Waals surface area contributed by atoms with Crippen molar-refractivity contribution >= 4 is 17.7 Å². The molecule has 5 nitrogen and oxygen atoms in total. The van der Waals surface area contributed by atoms with Crippen LogP contribution in [0.3, 0.4) is 0 Å². The van der Waals surface area contributed by atoms with Gasteiger partial charge in [-0.2, -0.15) is 0 Å². The number of thioether (sulfide) groups is 1. The third kappa shape index (κ3) is 4.96. The Balaban J connectivity index is 2.31. The molecule has 0 amide bonds. The third-order valence-electron chi connectivity index (χ3n) is 3.11. The normalized spacial score (nSPS) is 11.9. The van der Waals surface area contributed by atoms with E-state index in [1.165, 1.54) is 17.8 Å². The van der Waals surface area contributed by atoms with Crippen molar-refractivity contribution in [2.45, 2.75) is 37.1 Å². The smallest absolute Gasteiger partial charge is 0.324 e. The van der Waals surface area contributed by atoms with Gasteiger partial charge in [0.1, 0.15) is 5.25 Å².